The number of hydrogen-bond acceptors (Lipinski definition) is 4. The van der Waals surface area contributed by atoms with Crippen molar-refractivity contribution in [1.82, 2.24) is 29.9 Å². The first-order valence-corrected chi connectivity index (χ1v) is 9.04. The number of benzene rings is 2. The lowest BCUT2D eigenvalue weighted by molar-refractivity contribution is 0.661. The van der Waals surface area contributed by atoms with Crippen LogP contribution < -0.4 is 5.32 Å². The number of nitrogens with one attached hydrogen (secondary N) is 1. The molecule has 0 radical (unpaired) electrons. The Labute approximate surface area is 158 Å². The van der Waals surface area contributed by atoms with E-state index in [0.29, 0.717) is 0 Å². The SMILES string of the molecule is Cn1cnc(CCNCc2cn(-c3ccccc3)nc2-c2ccccc2)n1. The Morgan fingerprint density at radius 2 is 1.67 bits per heavy atom. The highest BCUT2D eigenvalue weighted by Gasteiger charge is 2.12. The molecule has 0 saturated carbocycles. The molecule has 6 nitrogen and oxygen atoms in total. The first-order valence-electron chi connectivity index (χ1n) is 9.04. The molecule has 0 aliphatic carbocycles. The van der Waals surface area contributed by atoms with Gasteiger partial charge in [0.15, 0.2) is 5.82 Å². The maximum atomic E-state index is 4.84. The van der Waals surface area contributed by atoms with Crippen LogP contribution in [0.5, 0.6) is 0 Å². The largest absolute Gasteiger partial charge is 0.312 e. The van der Waals surface area contributed by atoms with E-state index < -0.39 is 0 Å². The van der Waals surface area contributed by atoms with Gasteiger partial charge in [-0.3, -0.25) is 4.68 Å². The number of aromatic nitrogens is 5. The minimum atomic E-state index is 0.740. The van der Waals surface area contributed by atoms with Crippen LogP contribution >= 0.6 is 0 Å². The fourth-order valence-electron chi connectivity index (χ4n) is 3.01. The molecule has 0 atom stereocenters. The zero-order valence-electron chi connectivity index (χ0n) is 15.3. The summed E-state index contributed by atoms with van der Waals surface area (Å²) in [5.74, 6) is 0.855. The molecule has 0 fully saturated rings. The molecule has 2 heterocycles. The Kier molecular flexibility index (Phi) is 5.07. The molecule has 4 rings (SSSR count). The molecule has 0 saturated heterocycles. The molecule has 136 valence electrons. The number of aryl methyl sites for hydroxylation is 1. The van der Waals surface area contributed by atoms with Crippen molar-refractivity contribution in [3.8, 4) is 16.9 Å². The predicted molar refractivity (Wildman–Crippen MR) is 105 cm³/mol. The fraction of sp³-hybridized carbons (Fsp3) is 0.190. The van der Waals surface area contributed by atoms with Gasteiger partial charge in [0.05, 0.1) is 11.4 Å². The average molecular weight is 358 g/mol. The van der Waals surface area contributed by atoms with Crippen LogP contribution in [-0.2, 0) is 20.0 Å². The van der Waals surface area contributed by atoms with Gasteiger partial charge in [-0.05, 0) is 12.1 Å². The summed E-state index contributed by atoms with van der Waals surface area (Å²) in [6.07, 6.45) is 4.63. The molecule has 2 aromatic carbocycles. The summed E-state index contributed by atoms with van der Waals surface area (Å²) >= 11 is 0. The summed E-state index contributed by atoms with van der Waals surface area (Å²) in [6, 6.07) is 20.5. The van der Waals surface area contributed by atoms with Gasteiger partial charge in [0.1, 0.15) is 6.33 Å². The normalized spacial score (nSPS) is 11.0. The lowest BCUT2D eigenvalue weighted by Gasteiger charge is -2.04. The van der Waals surface area contributed by atoms with Crippen LogP contribution in [0.3, 0.4) is 0 Å². The van der Waals surface area contributed by atoms with Gasteiger partial charge in [-0.25, -0.2) is 9.67 Å². The third kappa shape index (κ3) is 4.12. The van der Waals surface area contributed by atoms with E-state index in [9.17, 15) is 0 Å². The summed E-state index contributed by atoms with van der Waals surface area (Å²) in [6.45, 7) is 1.55. The first-order chi connectivity index (χ1) is 13.3. The van der Waals surface area contributed by atoms with Crippen LogP contribution in [0.1, 0.15) is 11.4 Å². The lowest BCUT2D eigenvalue weighted by atomic mass is 10.1. The van der Waals surface area contributed by atoms with Crippen molar-refractivity contribution >= 4 is 0 Å². The molecule has 1 N–H and O–H groups in total. The first kappa shape index (κ1) is 17.2. The summed E-state index contributed by atoms with van der Waals surface area (Å²) in [5.41, 5.74) is 4.34. The molecule has 0 aliphatic rings. The Bertz CT molecular complexity index is 988. The minimum absolute atomic E-state index is 0.740. The van der Waals surface area contributed by atoms with Gasteiger partial charge in [0.25, 0.3) is 0 Å². The molecule has 0 spiro atoms. The summed E-state index contributed by atoms with van der Waals surface area (Å²) in [4.78, 5) is 4.26. The van der Waals surface area contributed by atoms with E-state index >= 15 is 0 Å². The molecule has 6 heteroatoms. The third-order valence-electron chi connectivity index (χ3n) is 4.35. The van der Waals surface area contributed by atoms with Gasteiger partial charge in [0.2, 0.25) is 0 Å². The number of rotatable bonds is 7. The van der Waals surface area contributed by atoms with Crippen molar-refractivity contribution in [3.05, 3.63) is 84.6 Å². The summed E-state index contributed by atoms with van der Waals surface area (Å²) in [7, 11) is 1.88. The van der Waals surface area contributed by atoms with E-state index in [1.807, 2.05) is 48.1 Å². The molecular weight excluding hydrogens is 336 g/mol. The van der Waals surface area contributed by atoms with E-state index in [1.54, 1.807) is 11.0 Å². The van der Waals surface area contributed by atoms with Gasteiger partial charge in [0, 0.05) is 43.9 Å². The van der Waals surface area contributed by atoms with E-state index in [1.165, 1.54) is 5.56 Å². The predicted octanol–water partition coefficient (Wildman–Crippen LogP) is 3.00. The maximum Gasteiger partial charge on any atom is 0.151 e. The second-order valence-electron chi connectivity index (χ2n) is 6.41. The second kappa shape index (κ2) is 7.97. The van der Waals surface area contributed by atoms with E-state index in [0.717, 1.165) is 42.3 Å². The molecule has 4 aromatic rings. The van der Waals surface area contributed by atoms with E-state index in [-0.39, 0.29) is 0 Å². The number of para-hydroxylation sites is 1. The number of nitrogens with zero attached hydrogens (tertiary/aromatic N) is 5. The molecule has 0 aliphatic heterocycles. The summed E-state index contributed by atoms with van der Waals surface area (Å²) in [5, 5.41) is 12.6. The highest BCUT2D eigenvalue weighted by molar-refractivity contribution is 5.63. The van der Waals surface area contributed by atoms with Crippen LogP contribution in [0.15, 0.2) is 73.2 Å². The standard InChI is InChI=1S/C21H22N6/c1-26-16-23-20(24-26)12-13-22-14-18-15-27(19-10-6-3-7-11-19)25-21(18)17-8-4-2-5-9-17/h2-11,15-16,22H,12-14H2,1H3. The Morgan fingerprint density at radius 1 is 0.926 bits per heavy atom. The topological polar surface area (TPSA) is 60.6 Å². The van der Waals surface area contributed by atoms with Gasteiger partial charge >= 0.3 is 0 Å². The molecule has 0 bridgehead atoms. The molecule has 0 unspecified atom stereocenters. The van der Waals surface area contributed by atoms with Crippen LogP contribution in [0, 0.1) is 0 Å². The van der Waals surface area contributed by atoms with Crippen LogP contribution in [0.25, 0.3) is 16.9 Å². The lowest BCUT2D eigenvalue weighted by Crippen LogP contribution is -2.17. The zero-order chi connectivity index (χ0) is 18.5. The van der Waals surface area contributed by atoms with Crippen LogP contribution in [0.2, 0.25) is 0 Å². The quantitative estimate of drug-likeness (QED) is 0.516. The van der Waals surface area contributed by atoms with E-state index in [2.05, 4.69) is 45.9 Å². The van der Waals surface area contributed by atoms with Crippen molar-refractivity contribution in [2.45, 2.75) is 13.0 Å². The Hall–Kier alpha value is -3.25. The average Bonchev–Trinajstić information content (AvgIpc) is 3.33. The monoisotopic (exact) mass is 358 g/mol. The highest BCUT2D eigenvalue weighted by Crippen LogP contribution is 2.23. The van der Waals surface area contributed by atoms with Gasteiger partial charge in [-0.1, -0.05) is 48.5 Å². The third-order valence-corrected chi connectivity index (χ3v) is 4.35. The minimum Gasteiger partial charge on any atom is -0.312 e. The van der Waals surface area contributed by atoms with Gasteiger partial charge in [-0.15, -0.1) is 0 Å². The molecule has 0 amide bonds. The Balaban J connectivity index is 1.52. The smallest absolute Gasteiger partial charge is 0.151 e. The van der Waals surface area contributed by atoms with Crippen molar-refractivity contribution in [2.75, 3.05) is 6.54 Å². The van der Waals surface area contributed by atoms with E-state index in [4.69, 9.17) is 5.10 Å². The molecule has 27 heavy (non-hydrogen) atoms. The molecule has 2 aromatic heterocycles. The molecular formula is C21H22N6. The second-order valence-corrected chi connectivity index (χ2v) is 6.41. The Morgan fingerprint density at radius 3 is 2.37 bits per heavy atom. The maximum absolute atomic E-state index is 4.84. The highest BCUT2D eigenvalue weighted by atomic mass is 15.3. The van der Waals surface area contributed by atoms with Crippen molar-refractivity contribution in [1.29, 1.82) is 0 Å². The van der Waals surface area contributed by atoms with Crippen molar-refractivity contribution in [2.24, 2.45) is 7.05 Å². The van der Waals surface area contributed by atoms with Gasteiger partial charge < -0.3 is 5.32 Å². The zero-order valence-corrected chi connectivity index (χ0v) is 15.3. The van der Waals surface area contributed by atoms with Crippen LogP contribution in [0.4, 0.5) is 0 Å². The van der Waals surface area contributed by atoms with Crippen molar-refractivity contribution < 1.29 is 0 Å². The fourth-order valence-corrected chi connectivity index (χ4v) is 3.01. The summed E-state index contributed by atoms with van der Waals surface area (Å²) < 4.78 is 3.67. The van der Waals surface area contributed by atoms with Gasteiger partial charge in [-0.2, -0.15) is 10.2 Å². The van der Waals surface area contributed by atoms with Crippen molar-refractivity contribution in [3.63, 3.8) is 0 Å². The number of hydrogen-bond donors (Lipinski definition) is 1. The van der Waals surface area contributed by atoms with Crippen LogP contribution in [-0.4, -0.2) is 31.1 Å².